The highest BCUT2D eigenvalue weighted by atomic mass is 16.7. The van der Waals surface area contributed by atoms with Crippen LogP contribution in [0.15, 0.2) is 42.5 Å². The molecular formula is C23H26N2O5. The molecule has 0 aromatic heterocycles. The van der Waals surface area contributed by atoms with Gasteiger partial charge in [-0.15, -0.1) is 0 Å². The molecule has 0 unspecified atom stereocenters. The van der Waals surface area contributed by atoms with E-state index in [0.717, 1.165) is 31.4 Å². The molecule has 1 saturated carbocycles. The quantitative estimate of drug-likeness (QED) is 0.755. The number of hydrogen-bond donors (Lipinski definition) is 2. The van der Waals surface area contributed by atoms with E-state index in [2.05, 4.69) is 10.6 Å². The lowest BCUT2D eigenvalue weighted by atomic mass is 9.94. The molecule has 158 valence electrons. The Morgan fingerprint density at radius 3 is 2.60 bits per heavy atom. The van der Waals surface area contributed by atoms with Gasteiger partial charge in [0.2, 0.25) is 5.91 Å². The predicted octanol–water partition coefficient (Wildman–Crippen LogP) is 3.89. The third-order valence-corrected chi connectivity index (χ3v) is 5.42. The number of hydrogen-bond acceptors (Lipinski definition) is 5. The average molecular weight is 410 g/mol. The molecule has 1 fully saturated rings. The van der Waals surface area contributed by atoms with Crippen molar-refractivity contribution in [2.75, 3.05) is 19.0 Å². The number of amides is 2. The molecule has 0 radical (unpaired) electrons. The van der Waals surface area contributed by atoms with Crippen LogP contribution in [0.2, 0.25) is 0 Å². The number of para-hydroxylation sites is 1. The second kappa shape index (κ2) is 8.65. The first-order valence-corrected chi connectivity index (χ1v) is 10.3. The lowest BCUT2D eigenvalue weighted by Crippen LogP contribution is -2.40. The van der Waals surface area contributed by atoms with E-state index in [0.29, 0.717) is 22.7 Å². The Balaban J connectivity index is 1.28. The molecule has 1 heterocycles. The fraction of sp³-hybridized carbons (Fsp3) is 0.391. The standard InChI is InChI=1S/C23H26N2O5/c1-28-18-8-4-3-7-17(18)22(27)24-14-11-21(26)25-16-9-10-19-20(15-16)30-23(29-19)12-5-2-6-13-23/h3-4,7-10,15H,2,5-6,11-14H2,1H3,(H,24,27)(H,25,26). The van der Waals surface area contributed by atoms with Crippen LogP contribution in [-0.2, 0) is 4.79 Å². The molecule has 1 spiro atoms. The maximum atomic E-state index is 12.3. The minimum Gasteiger partial charge on any atom is -0.496 e. The molecule has 30 heavy (non-hydrogen) atoms. The number of nitrogens with one attached hydrogen (secondary N) is 2. The molecule has 2 aromatic carbocycles. The summed E-state index contributed by atoms with van der Waals surface area (Å²) in [7, 11) is 1.51. The number of fused-ring (bicyclic) bond motifs is 1. The number of rotatable bonds is 6. The van der Waals surface area contributed by atoms with Crippen LogP contribution < -0.4 is 24.8 Å². The van der Waals surface area contributed by atoms with Gasteiger partial charge in [-0.05, 0) is 37.1 Å². The van der Waals surface area contributed by atoms with Gasteiger partial charge in [-0.3, -0.25) is 9.59 Å². The van der Waals surface area contributed by atoms with Crippen LogP contribution in [0.1, 0.15) is 48.9 Å². The number of ether oxygens (including phenoxy) is 3. The van der Waals surface area contributed by atoms with E-state index < -0.39 is 5.79 Å². The van der Waals surface area contributed by atoms with Crippen molar-refractivity contribution in [2.45, 2.75) is 44.3 Å². The van der Waals surface area contributed by atoms with Gasteiger partial charge in [0, 0.05) is 37.6 Å². The maximum absolute atomic E-state index is 12.3. The van der Waals surface area contributed by atoms with Gasteiger partial charge in [0.25, 0.3) is 11.7 Å². The largest absolute Gasteiger partial charge is 0.496 e. The molecule has 7 heteroatoms. The van der Waals surface area contributed by atoms with Crippen LogP contribution in [0, 0.1) is 0 Å². The van der Waals surface area contributed by atoms with E-state index in [9.17, 15) is 9.59 Å². The fourth-order valence-electron chi connectivity index (χ4n) is 3.91. The third kappa shape index (κ3) is 4.35. The van der Waals surface area contributed by atoms with Gasteiger partial charge < -0.3 is 24.8 Å². The van der Waals surface area contributed by atoms with Gasteiger partial charge >= 0.3 is 0 Å². The lowest BCUT2D eigenvalue weighted by Gasteiger charge is -2.31. The molecule has 2 aromatic rings. The van der Waals surface area contributed by atoms with Gasteiger partial charge in [0.05, 0.1) is 12.7 Å². The summed E-state index contributed by atoms with van der Waals surface area (Å²) in [4.78, 5) is 24.6. The molecule has 2 amide bonds. The zero-order valence-electron chi connectivity index (χ0n) is 17.0. The van der Waals surface area contributed by atoms with Gasteiger partial charge in [0.15, 0.2) is 11.5 Å². The van der Waals surface area contributed by atoms with Crippen LogP contribution in [0.25, 0.3) is 0 Å². The van der Waals surface area contributed by atoms with Crippen LogP contribution in [0.3, 0.4) is 0 Å². The van der Waals surface area contributed by atoms with Crippen molar-refractivity contribution in [3.63, 3.8) is 0 Å². The Hall–Kier alpha value is -3.22. The summed E-state index contributed by atoms with van der Waals surface area (Å²) in [6.45, 7) is 0.219. The van der Waals surface area contributed by atoms with Crippen molar-refractivity contribution < 1.29 is 23.8 Å². The SMILES string of the molecule is COc1ccccc1C(=O)NCCC(=O)Nc1ccc2c(c1)OC1(CCCCC1)O2. The summed E-state index contributed by atoms with van der Waals surface area (Å²) in [5, 5.41) is 5.59. The molecule has 2 N–H and O–H groups in total. The maximum Gasteiger partial charge on any atom is 0.255 e. The third-order valence-electron chi connectivity index (χ3n) is 5.42. The highest BCUT2D eigenvalue weighted by Gasteiger charge is 2.42. The molecule has 0 bridgehead atoms. The molecule has 0 atom stereocenters. The highest BCUT2D eigenvalue weighted by Crippen LogP contribution is 2.46. The van der Waals surface area contributed by atoms with Crippen molar-refractivity contribution in [3.8, 4) is 17.2 Å². The Labute approximate surface area is 175 Å². The molecular weight excluding hydrogens is 384 g/mol. The molecule has 1 aliphatic heterocycles. The second-order valence-electron chi connectivity index (χ2n) is 7.59. The van der Waals surface area contributed by atoms with Crippen molar-refractivity contribution >= 4 is 17.5 Å². The average Bonchev–Trinajstić information content (AvgIpc) is 3.10. The Morgan fingerprint density at radius 2 is 1.80 bits per heavy atom. The van der Waals surface area contributed by atoms with Gasteiger partial charge in [-0.1, -0.05) is 18.6 Å². The predicted molar refractivity (Wildman–Crippen MR) is 112 cm³/mol. The van der Waals surface area contributed by atoms with E-state index in [1.54, 1.807) is 36.4 Å². The zero-order valence-corrected chi connectivity index (χ0v) is 17.0. The van der Waals surface area contributed by atoms with E-state index >= 15 is 0 Å². The highest BCUT2D eigenvalue weighted by molar-refractivity contribution is 5.97. The van der Waals surface area contributed by atoms with Gasteiger partial charge in [0.1, 0.15) is 5.75 Å². The molecule has 7 nitrogen and oxygen atoms in total. The number of carbonyl (C=O) groups excluding carboxylic acids is 2. The summed E-state index contributed by atoms with van der Waals surface area (Å²) in [5.41, 5.74) is 1.08. The number of carbonyl (C=O) groups is 2. The lowest BCUT2D eigenvalue weighted by molar-refractivity contribution is -0.116. The summed E-state index contributed by atoms with van der Waals surface area (Å²) in [6, 6.07) is 12.4. The summed E-state index contributed by atoms with van der Waals surface area (Å²) < 4.78 is 17.3. The Bertz CT molecular complexity index is 937. The van der Waals surface area contributed by atoms with Crippen LogP contribution >= 0.6 is 0 Å². The monoisotopic (exact) mass is 410 g/mol. The fourth-order valence-corrected chi connectivity index (χ4v) is 3.91. The zero-order chi connectivity index (χ0) is 21.0. The normalized spacial score (nSPS) is 16.2. The minimum atomic E-state index is -0.536. The number of benzene rings is 2. The van der Waals surface area contributed by atoms with Crippen LogP contribution in [0.5, 0.6) is 17.2 Å². The van der Waals surface area contributed by atoms with Gasteiger partial charge in [-0.2, -0.15) is 0 Å². The smallest absolute Gasteiger partial charge is 0.255 e. The van der Waals surface area contributed by atoms with E-state index in [-0.39, 0.29) is 24.8 Å². The van der Waals surface area contributed by atoms with Gasteiger partial charge in [-0.25, -0.2) is 0 Å². The van der Waals surface area contributed by atoms with Crippen LogP contribution in [-0.4, -0.2) is 31.3 Å². The van der Waals surface area contributed by atoms with Crippen molar-refractivity contribution in [3.05, 3.63) is 48.0 Å². The number of anilines is 1. The first kappa shape index (κ1) is 20.1. The molecule has 2 aliphatic rings. The topological polar surface area (TPSA) is 85.9 Å². The summed E-state index contributed by atoms with van der Waals surface area (Å²) in [5.74, 6) is 0.878. The Kier molecular flexibility index (Phi) is 5.79. The van der Waals surface area contributed by atoms with Crippen molar-refractivity contribution in [1.29, 1.82) is 0 Å². The first-order chi connectivity index (χ1) is 14.6. The summed E-state index contributed by atoms with van der Waals surface area (Å²) >= 11 is 0. The Morgan fingerprint density at radius 1 is 1.03 bits per heavy atom. The van der Waals surface area contributed by atoms with E-state index in [4.69, 9.17) is 14.2 Å². The first-order valence-electron chi connectivity index (χ1n) is 10.3. The molecule has 4 rings (SSSR count). The van der Waals surface area contributed by atoms with E-state index in [1.807, 2.05) is 6.07 Å². The molecule has 0 saturated heterocycles. The van der Waals surface area contributed by atoms with Crippen LogP contribution in [0.4, 0.5) is 5.69 Å². The number of methoxy groups -OCH3 is 1. The minimum absolute atomic E-state index is 0.152. The van der Waals surface area contributed by atoms with E-state index in [1.165, 1.54) is 13.5 Å². The van der Waals surface area contributed by atoms with Crippen molar-refractivity contribution in [2.24, 2.45) is 0 Å². The second-order valence-corrected chi connectivity index (χ2v) is 7.59. The molecule has 1 aliphatic carbocycles. The van der Waals surface area contributed by atoms with Crippen molar-refractivity contribution in [1.82, 2.24) is 5.32 Å². The summed E-state index contributed by atoms with van der Waals surface area (Å²) in [6.07, 6.45) is 5.32.